The Hall–Kier alpha value is -1.76. The minimum absolute atomic E-state index is 0.0614. The standard InChI is InChI=1S/C23H33NO4S/c1-22(2,3)17-11-16(12-18(23(4,5)6)20(17)28-15-27-8)13-19-21(25)24(14-26-7)9-10-29-19/h9-13H,14-15H2,1-8H3. The fourth-order valence-corrected chi connectivity index (χ4v) is 3.82. The van der Waals surface area contributed by atoms with Crippen LogP contribution in [0.25, 0.3) is 6.08 Å². The zero-order valence-electron chi connectivity index (χ0n) is 18.8. The van der Waals surface area contributed by atoms with Crippen molar-refractivity contribution in [2.75, 3.05) is 27.7 Å². The normalized spacial score (nSPS) is 16.6. The van der Waals surface area contributed by atoms with Gasteiger partial charge in [0.25, 0.3) is 5.91 Å². The maximum Gasteiger partial charge on any atom is 0.266 e. The summed E-state index contributed by atoms with van der Waals surface area (Å²) in [4.78, 5) is 15.0. The van der Waals surface area contributed by atoms with Gasteiger partial charge in [0.15, 0.2) is 6.79 Å². The molecule has 1 aliphatic rings. The number of rotatable bonds is 6. The molecule has 0 spiro atoms. The fourth-order valence-electron chi connectivity index (χ4n) is 3.05. The van der Waals surface area contributed by atoms with E-state index in [0.29, 0.717) is 4.91 Å². The van der Waals surface area contributed by atoms with E-state index in [9.17, 15) is 4.79 Å². The van der Waals surface area contributed by atoms with Crippen LogP contribution in [-0.2, 0) is 25.1 Å². The van der Waals surface area contributed by atoms with Crippen molar-refractivity contribution in [3.05, 3.63) is 45.3 Å². The molecule has 0 aliphatic carbocycles. The third-order valence-corrected chi connectivity index (χ3v) is 5.33. The van der Waals surface area contributed by atoms with Crippen LogP contribution in [0.5, 0.6) is 5.75 Å². The van der Waals surface area contributed by atoms with Gasteiger partial charge in [-0.2, -0.15) is 0 Å². The first-order valence-corrected chi connectivity index (χ1v) is 10.5. The van der Waals surface area contributed by atoms with Gasteiger partial charge in [-0.25, -0.2) is 0 Å². The number of nitrogens with zero attached hydrogens (tertiary/aromatic N) is 1. The molecule has 0 atom stereocenters. The van der Waals surface area contributed by atoms with Gasteiger partial charge in [-0.3, -0.25) is 9.69 Å². The van der Waals surface area contributed by atoms with Gasteiger partial charge >= 0.3 is 0 Å². The molecule has 0 unspecified atom stereocenters. The smallest absolute Gasteiger partial charge is 0.266 e. The van der Waals surface area contributed by atoms with E-state index >= 15 is 0 Å². The Morgan fingerprint density at radius 1 is 1.00 bits per heavy atom. The van der Waals surface area contributed by atoms with Crippen LogP contribution in [0.15, 0.2) is 28.6 Å². The average molecular weight is 420 g/mol. The van der Waals surface area contributed by atoms with Crippen molar-refractivity contribution in [1.82, 2.24) is 4.90 Å². The molecule has 0 fully saturated rings. The van der Waals surface area contributed by atoms with Gasteiger partial charge < -0.3 is 14.2 Å². The Balaban J connectivity index is 2.61. The van der Waals surface area contributed by atoms with Crippen LogP contribution in [-0.4, -0.2) is 38.6 Å². The second kappa shape index (κ2) is 9.37. The molecule has 1 amide bonds. The Kier molecular flexibility index (Phi) is 7.60. The van der Waals surface area contributed by atoms with Gasteiger partial charge in [0, 0.05) is 31.5 Å². The molecule has 160 valence electrons. The summed E-state index contributed by atoms with van der Waals surface area (Å²) in [5.41, 5.74) is 2.89. The third-order valence-electron chi connectivity index (χ3n) is 4.52. The highest BCUT2D eigenvalue weighted by molar-refractivity contribution is 8.06. The van der Waals surface area contributed by atoms with E-state index in [2.05, 4.69) is 53.7 Å². The van der Waals surface area contributed by atoms with Crippen molar-refractivity contribution in [3.8, 4) is 5.75 Å². The molecular formula is C23H33NO4S. The number of thioether (sulfide) groups is 1. The molecule has 0 saturated heterocycles. The molecule has 1 aromatic rings. The maximum atomic E-state index is 12.8. The monoisotopic (exact) mass is 419 g/mol. The van der Waals surface area contributed by atoms with Gasteiger partial charge in [0.1, 0.15) is 12.5 Å². The Bertz CT molecular complexity index is 765. The topological polar surface area (TPSA) is 48.0 Å². The van der Waals surface area contributed by atoms with Crippen LogP contribution in [0, 0.1) is 0 Å². The summed E-state index contributed by atoms with van der Waals surface area (Å²) in [6.07, 6.45) is 3.69. The van der Waals surface area contributed by atoms with E-state index in [4.69, 9.17) is 14.2 Å². The molecule has 0 aromatic heterocycles. The Morgan fingerprint density at radius 2 is 1.59 bits per heavy atom. The molecule has 6 heteroatoms. The summed E-state index contributed by atoms with van der Waals surface area (Å²) in [6, 6.07) is 4.22. The third kappa shape index (κ3) is 5.87. The molecule has 0 radical (unpaired) electrons. The highest BCUT2D eigenvalue weighted by atomic mass is 32.2. The molecule has 29 heavy (non-hydrogen) atoms. The first-order valence-electron chi connectivity index (χ1n) is 9.64. The number of methoxy groups -OCH3 is 2. The molecule has 5 nitrogen and oxygen atoms in total. The summed E-state index contributed by atoms with van der Waals surface area (Å²) in [6.45, 7) is 13.4. The Morgan fingerprint density at radius 3 is 2.07 bits per heavy atom. The minimum Gasteiger partial charge on any atom is -0.467 e. The zero-order chi connectivity index (χ0) is 21.8. The molecular weight excluding hydrogens is 386 g/mol. The van der Waals surface area contributed by atoms with Crippen LogP contribution in [0.2, 0.25) is 0 Å². The number of carbonyl (C=O) groups excluding carboxylic acids is 1. The van der Waals surface area contributed by atoms with E-state index < -0.39 is 0 Å². The summed E-state index contributed by atoms with van der Waals surface area (Å²) in [5, 5.41) is 1.90. The van der Waals surface area contributed by atoms with Gasteiger partial charge in [-0.05, 0) is 40.0 Å². The van der Waals surface area contributed by atoms with E-state index in [1.54, 1.807) is 25.3 Å². The molecule has 0 bridgehead atoms. The largest absolute Gasteiger partial charge is 0.467 e. The summed E-state index contributed by atoms with van der Waals surface area (Å²) in [5.74, 6) is 0.797. The highest BCUT2D eigenvalue weighted by Crippen LogP contribution is 2.41. The van der Waals surface area contributed by atoms with Crippen molar-refractivity contribution >= 4 is 23.7 Å². The number of ether oxygens (including phenoxy) is 3. The highest BCUT2D eigenvalue weighted by Gasteiger charge is 2.28. The Labute approximate surface area is 179 Å². The molecule has 0 N–H and O–H groups in total. The van der Waals surface area contributed by atoms with Crippen molar-refractivity contribution < 1.29 is 19.0 Å². The number of benzene rings is 1. The van der Waals surface area contributed by atoms with Gasteiger partial charge in [0.05, 0.1) is 4.91 Å². The second-order valence-corrected chi connectivity index (χ2v) is 10.0. The van der Waals surface area contributed by atoms with Crippen molar-refractivity contribution in [1.29, 1.82) is 0 Å². The number of hydrogen-bond acceptors (Lipinski definition) is 5. The number of carbonyl (C=O) groups is 1. The number of amides is 1. The average Bonchev–Trinajstić information content (AvgIpc) is 2.62. The first kappa shape index (κ1) is 23.5. The lowest BCUT2D eigenvalue weighted by Crippen LogP contribution is -2.29. The van der Waals surface area contributed by atoms with Gasteiger partial charge in [0.2, 0.25) is 0 Å². The van der Waals surface area contributed by atoms with E-state index in [-0.39, 0.29) is 30.3 Å². The molecule has 1 aliphatic heterocycles. The maximum absolute atomic E-state index is 12.8. The predicted molar refractivity (Wildman–Crippen MR) is 120 cm³/mol. The lowest BCUT2D eigenvalue weighted by molar-refractivity contribution is -0.127. The van der Waals surface area contributed by atoms with Crippen molar-refractivity contribution in [2.24, 2.45) is 0 Å². The second-order valence-electron chi connectivity index (χ2n) is 9.10. The van der Waals surface area contributed by atoms with Gasteiger partial charge in [-0.1, -0.05) is 53.3 Å². The molecule has 2 rings (SSSR count). The lowest BCUT2D eigenvalue weighted by Gasteiger charge is -2.30. The van der Waals surface area contributed by atoms with Crippen molar-refractivity contribution in [3.63, 3.8) is 0 Å². The summed E-state index contributed by atoms with van der Waals surface area (Å²) >= 11 is 1.42. The number of hydrogen-bond donors (Lipinski definition) is 0. The van der Waals surface area contributed by atoms with Crippen LogP contribution < -0.4 is 4.74 Å². The van der Waals surface area contributed by atoms with E-state index in [1.165, 1.54) is 11.8 Å². The molecule has 0 saturated carbocycles. The summed E-state index contributed by atoms with van der Waals surface area (Å²) < 4.78 is 16.3. The fraction of sp³-hybridized carbons (Fsp3) is 0.522. The summed E-state index contributed by atoms with van der Waals surface area (Å²) in [7, 11) is 3.20. The van der Waals surface area contributed by atoms with E-state index in [1.807, 2.05) is 11.5 Å². The van der Waals surface area contributed by atoms with Crippen LogP contribution in [0.1, 0.15) is 58.2 Å². The van der Waals surface area contributed by atoms with Crippen LogP contribution in [0.4, 0.5) is 0 Å². The SMILES string of the molecule is COCOc1c(C(C)(C)C)cc(C=C2SC=CN(COC)C2=O)cc1C(C)(C)C. The predicted octanol–water partition coefficient (Wildman–Crippen LogP) is 5.26. The van der Waals surface area contributed by atoms with Crippen molar-refractivity contribution in [2.45, 2.75) is 52.4 Å². The quantitative estimate of drug-likeness (QED) is 0.465. The first-order chi connectivity index (χ1) is 13.5. The zero-order valence-corrected chi connectivity index (χ0v) is 19.6. The van der Waals surface area contributed by atoms with Crippen LogP contribution in [0.3, 0.4) is 0 Å². The van der Waals surface area contributed by atoms with Crippen LogP contribution >= 0.6 is 11.8 Å². The van der Waals surface area contributed by atoms with E-state index in [0.717, 1.165) is 22.4 Å². The molecule has 1 heterocycles. The minimum atomic E-state index is -0.136. The van der Waals surface area contributed by atoms with Gasteiger partial charge in [-0.15, -0.1) is 0 Å². The lowest BCUT2D eigenvalue weighted by atomic mass is 9.78. The molecule has 1 aromatic carbocycles.